The Hall–Kier alpha value is -2.18. The topological polar surface area (TPSA) is 42.5 Å². The fourth-order valence-corrected chi connectivity index (χ4v) is 3.20. The predicted octanol–water partition coefficient (Wildman–Crippen LogP) is 4.73. The van der Waals surface area contributed by atoms with Gasteiger partial charge in [-0.3, -0.25) is 0 Å². The molecule has 26 heavy (non-hydrogen) atoms. The van der Waals surface area contributed by atoms with Crippen LogP contribution < -0.4 is 20.1 Å². The predicted molar refractivity (Wildman–Crippen MR) is 115 cm³/mol. The molecule has 0 aromatic heterocycles. The summed E-state index contributed by atoms with van der Waals surface area (Å²) in [6.07, 6.45) is 2.73. The Kier molecular flexibility index (Phi) is 8.86. The largest absolute Gasteiger partial charge is 0.497 e. The molecule has 2 aromatic rings. The first kappa shape index (κ1) is 20.1. The maximum atomic E-state index is 5.51. The van der Waals surface area contributed by atoms with E-state index in [0.29, 0.717) is 11.7 Å². The molecule has 4 nitrogen and oxygen atoms in total. The van der Waals surface area contributed by atoms with E-state index >= 15 is 0 Å². The van der Waals surface area contributed by atoms with Gasteiger partial charge in [0.05, 0.1) is 7.11 Å². The number of hydrogen-bond acceptors (Lipinski definition) is 4. The zero-order valence-corrected chi connectivity index (χ0v) is 16.5. The van der Waals surface area contributed by atoms with Gasteiger partial charge >= 0.3 is 0 Å². The van der Waals surface area contributed by atoms with Crippen LogP contribution in [0.3, 0.4) is 0 Å². The number of thiocarbonyl (C=S) groups is 1. The van der Waals surface area contributed by atoms with Crippen molar-refractivity contribution in [3.63, 3.8) is 0 Å². The summed E-state index contributed by atoms with van der Waals surface area (Å²) in [4.78, 5) is 1.24. The van der Waals surface area contributed by atoms with Crippen LogP contribution in [0.1, 0.15) is 6.42 Å². The Labute approximate surface area is 165 Å². The van der Waals surface area contributed by atoms with Gasteiger partial charge in [0.25, 0.3) is 0 Å². The molecule has 0 aliphatic heterocycles. The van der Waals surface area contributed by atoms with Crippen molar-refractivity contribution in [3.8, 4) is 11.5 Å². The van der Waals surface area contributed by atoms with Gasteiger partial charge in [-0.1, -0.05) is 18.7 Å². The lowest BCUT2D eigenvalue weighted by Crippen LogP contribution is -2.29. The third-order valence-corrected chi connectivity index (χ3v) is 4.74. The van der Waals surface area contributed by atoms with Crippen LogP contribution in [0.15, 0.2) is 66.1 Å². The SMILES string of the molecule is C=CCOc1cccc(NC(=S)NCCCSc2ccc(OC)cc2)c1. The van der Waals surface area contributed by atoms with E-state index in [4.69, 9.17) is 21.7 Å². The first-order valence-electron chi connectivity index (χ1n) is 8.36. The number of rotatable bonds is 10. The van der Waals surface area contributed by atoms with E-state index in [-0.39, 0.29) is 0 Å². The lowest BCUT2D eigenvalue weighted by molar-refractivity contribution is 0.363. The summed E-state index contributed by atoms with van der Waals surface area (Å²) in [7, 11) is 1.68. The van der Waals surface area contributed by atoms with Gasteiger partial charge in [-0.15, -0.1) is 11.8 Å². The van der Waals surface area contributed by atoms with Gasteiger partial charge in [-0.05, 0) is 60.8 Å². The number of anilines is 1. The molecular formula is C20H24N2O2S2. The van der Waals surface area contributed by atoms with E-state index in [9.17, 15) is 0 Å². The van der Waals surface area contributed by atoms with Gasteiger partial charge in [0.15, 0.2) is 5.11 Å². The van der Waals surface area contributed by atoms with Crippen molar-refractivity contribution in [2.45, 2.75) is 11.3 Å². The van der Waals surface area contributed by atoms with Crippen molar-refractivity contribution in [1.82, 2.24) is 5.32 Å². The van der Waals surface area contributed by atoms with Crippen molar-refractivity contribution < 1.29 is 9.47 Å². The summed E-state index contributed by atoms with van der Waals surface area (Å²) >= 11 is 7.16. The van der Waals surface area contributed by atoms with E-state index in [1.807, 2.05) is 48.2 Å². The van der Waals surface area contributed by atoms with Gasteiger partial charge in [0.1, 0.15) is 18.1 Å². The molecule has 0 fully saturated rings. The molecule has 0 aliphatic carbocycles. The minimum atomic E-state index is 0.484. The molecule has 0 spiro atoms. The van der Waals surface area contributed by atoms with Crippen LogP contribution in [0.4, 0.5) is 5.69 Å². The maximum absolute atomic E-state index is 5.51. The first-order chi connectivity index (χ1) is 12.7. The van der Waals surface area contributed by atoms with Crippen LogP contribution in [0.5, 0.6) is 11.5 Å². The van der Waals surface area contributed by atoms with E-state index in [1.165, 1.54) is 4.90 Å². The van der Waals surface area contributed by atoms with Crippen molar-refractivity contribution in [2.75, 3.05) is 31.3 Å². The van der Waals surface area contributed by atoms with Crippen molar-refractivity contribution in [2.24, 2.45) is 0 Å². The van der Waals surface area contributed by atoms with Crippen molar-refractivity contribution in [3.05, 3.63) is 61.2 Å². The Morgan fingerprint density at radius 2 is 2.00 bits per heavy atom. The molecule has 0 atom stereocenters. The number of nitrogens with one attached hydrogen (secondary N) is 2. The minimum Gasteiger partial charge on any atom is -0.497 e. The average Bonchev–Trinajstić information content (AvgIpc) is 2.67. The molecule has 138 valence electrons. The van der Waals surface area contributed by atoms with Crippen LogP contribution in [0.25, 0.3) is 0 Å². The second-order valence-corrected chi connectivity index (χ2v) is 6.96. The summed E-state index contributed by atoms with van der Waals surface area (Å²) in [6, 6.07) is 15.8. The second-order valence-electron chi connectivity index (χ2n) is 5.39. The van der Waals surface area contributed by atoms with Gasteiger partial charge < -0.3 is 20.1 Å². The minimum absolute atomic E-state index is 0.484. The normalized spacial score (nSPS) is 10.0. The van der Waals surface area contributed by atoms with Crippen LogP contribution in [-0.4, -0.2) is 31.1 Å². The van der Waals surface area contributed by atoms with Gasteiger partial charge in [0, 0.05) is 23.2 Å². The zero-order valence-electron chi connectivity index (χ0n) is 14.9. The molecule has 0 bridgehead atoms. The summed E-state index contributed by atoms with van der Waals surface area (Å²) in [5, 5.41) is 7.01. The fraction of sp³-hybridized carbons (Fsp3) is 0.250. The first-order valence-corrected chi connectivity index (χ1v) is 9.76. The number of methoxy groups -OCH3 is 1. The quantitative estimate of drug-likeness (QED) is 0.265. The molecule has 2 N–H and O–H groups in total. The standard InChI is InChI=1S/C20H24N2O2S2/c1-3-13-24-18-7-4-6-16(15-18)22-20(25)21-12-5-14-26-19-10-8-17(23-2)9-11-19/h3-4,6-11,15H,1,5,12-14H2,2H3,(H2,21,22,25). The van der Waals surface area contributed by atoms with Crippen LogP contribution in [0.2, 0.25) is 0 Å². The maximum Gasteiger partial charge on any atom is 0.170 e. The highest BCUT2D eigenvalue weighted by Crippen LogP contribution is 2.21. The molecule has 0 unspecified atom stereocenters. The van der Waals surface area contributed by atoms with E-state index < -0.39 is 0 Å². The Morgan fingerprint density at radius 3 is 2.73 bits per heavy atom. The highest BCUT2D eigenvalue weighted by Gasteiger charge is 2.00. The number of thioether (sulfide) groups is 1. The number of ether oxygens (including phenoxy) is 2. The van der Waals surface area contributed by atoms with E-state index in [2.05, 4.69) is 29.3 Å². The average molecular weight is 389 g/mol. The van der Waals surface area contributed by atoms with E-state index in [0.717, 1.165) is 35.9 Å². The lowest BCUT2D eigenvalue weighted by Gasteiger charge is -2.11. The molecule has 0 aliphatic rings. The lowest BCUT2D eigenvalue weighted by atomic mass is 10.3. The monoisotopic (exact) mass is 388 g/mol. The van der Waals surface area contributed by atoms with Crippen LogP contribution in [0, 0.1) is 0 Å². The zero-order chi connectivity index (χ0) is 18.6. The Morgan fingerprint density at radius 1 is 1.19 bits per heavy atom. The summed E-state index contributed by atoms with van der Waals surface area (Å²) in [6.45, 7) is 4.95. The third-order valence-electron chi connectivity index (χ3n) is 3.39. The summed E-state index contributed by atoms with van der Waals surface area (Å²) in [5.41, 5.74) is 0.900. The molecule has 0 amide bonds. The highest BCUT2D eigenvalue weighted by atomic mass is 32.2. The Balaban J connectivity index is 1.64. The molecule has 6 heteroatoms. The summed E-state index contributed by atoms with van der Waals surface area (Å²) in [5.74, 6) is 2.69. The second kappa shape index (κ2) is 11.4. The number of hydrogen-bond donors (Lipinski definition) is 2. The smallest absolute Gasteiger partial charge is 0.170 e. The summed E-state index contributed by atoms with van der Waals surface area (Å²) < 4.78 is 10.7. The molecular weight excluding hydrogens is 364 g/mol. The Bertz CT molecular complexity index is 705. The third kappa shape index (κ3) is 7.37. The molecule has 0 saturated carbocycles. The molecule has 0 heterocycles. The fourth-order valence-electron chi connectivity index (χ4n) is 2.13. The van der Waals surface area contributed by atoms with Gasteiger partial charge in [-0.2, -0.15) is 0 Å². The molecule has 2 aromatic carbocycles. The van der Waals surface area contributed by atoms with Crippen LogP contribution in [-0.2, 0) is 0 Å². The molecule has 2 rings (SSSR count). The van der Waals surface area contributed by atoms with Gasteiger partial charge in [0.2, 0.25) is 0 Å². The van der Waals surface area contributed by atoms with Gasteiger partial charge in [-0.25, -0.2) is 0 Å². The number of benzene rings is 2. The van der Waals surface area contributed by atoms with Crippen molar-refractivity contribution in [1.29, 1.82) is 0 Å². The van der Waals surface area contributed by atoms with Crippen molar-refractivity contribution >= 4 is 34.8 Å². The molecule has 0 saturated heterocycles. The highest BCUT2D eigenvalue weighted by molar-refractivity contribution is 7.99. The van der Waals surface area contributed by atoms with Crippen LogP contribution >= 0.6 is 24.0 Å². The van der Waals surface area contributed by atoms with E-state index in [1.54, 1.807) is 13.2 Å². The molecule has 0 radical (unpaired) electrons.